The van der Waals surface area contributed by atoms with Crippen molar-refractivity contribution in [1.29, 1.82) is 0 Å². The van der Waals surface area contributed by atoms with Crippen molar-refractivity contribution in [3.05, 3.63) is 29.8 Å². The number of rotatable bonds is 4. The van der Waals surface area contributed by atoms with Gasteiger partial charge < -0.3 is 15.0 Å². The molecule has 2 heterocycles. The summed E-state index contributed by atoms with van der Waals surface area (Å²) in [5, 5.41) is 2.73. The van der Waals surface area contributed by atoms with Crippen LogP contribution in [0, 0.1) is 5.92 Å². The topological polar surface area (TPSA) is 110 Å². The van der Waals surface area contributed by atoms with E-state index < -0.39 is 21.7 Å². The van der Waals surface area contributed by atoms with Gasteiger partial charge in [-0.3, -0.25) is 9.59 Å². The van der Waals surface area contributed by atoms with Crippen LogP contribution in [0.15, 0.2) is 24.3 Å². The fourth-order valence-electron chi connectivity index (χ4n) is 3.33. The van der Waals surface area contributed by atoms with E-state index in [1.54, 1.807) is 12.1 Å². The molecule has 2 aliphatic heterocycles. The average molecular weight is 380 g/mol. The first-order chi connectivity index (χ1) is 12.3. The van der Waals surface area contributed by atoms with Crippen molar-refractivity contribution in [1.82, 2.24) is 4.90 Å². The van der Waals surface area contributed by atoms with Gasteiger partial charge in [0.25, 0.3) is 0 Å². The Kier molecular flexibility index (Phi) is 4.99. The number of sulfone groups is 1. The predicted molar refractivity (Wildman–Crippen MR) is 93.3 cm³/mol. The van der Waals surface area contributed by atoms with Crippen LogP contribution in [0.4, 0.5) is 5.69 Å². The number of hydrogen-bond donors (Lipinski definition) is 1. The van der Waals surface area contributed by atoms with Crippen LogP contribution < -0.4 is 5.32 Å². The quantitative estimate of drug-likeness (QED) is 0.760. The molecule has 2 unspecified atom stereocenters. The third kappa shape index (κ3) is 3.87. The highest BCUT2D eigenvalue weighted by Gasteiger charge is 2.41. The molecule has 0 radical (unpaired) electrons. The number of carbonyl (C=O) groups is 3. The number of carbonyl (C=O) groups excluding carboxylic acids is 3. The first-order valence-corrected chi connectivity index (χ1v) is 10.1. The van der Waals surface area contributed by atoms with E-state index >= 15 is 0 Å². The number of nitrogens with zero attached hydrogens (tertiary/aromatic N) is 1. The number of esters is 1. The summed E-state index contributed by atoms with van der Waals surface area (Å²) in [5.74, 6) is -1.41. The Hall–Kier alpha value is -2.42. The monoisotopic (exact) mass is 380 g/mol. The maximum absolute atomic E-state index is 12.4. The third-order valence-corrected chi connectivity index (χ3v) is 6.50. The molecule has 140 valence electrons. The van der Waals surface area contributed by atoms with Gasteiger partial charge in [0.1, 0.15) is 0 Å². The molecule has 0 aromatic heterocycles. The van der Waals surface area contributed by atoms with Gasteiger partial charge >= 0.3 is 5.97 Å². The smallest absolute Gasteiger partial charge is 0.337 e. The van der Waals surface area contributed by atoms with Gasteiger partial charge in [-0.05, 0) is 30.7 Å². The van der Waals surface area contributed by atoms with E-state index in [1.165, 1.54) is 24.1 Å². The molecular weight excluding hydrogens is 360 g/mol. The van der Waals surface area contributed by atoms with Crippen molar-refractivity contribution in [2.45, 2.75) is 18.9 Å². The molecule has 0 aliphatic carbocycles. The third-order valence-electron chi connectivity index (χ3n) is 4.75. The number of likely N-dealkylation sites (tertiary alicyclic amines) is 1. The zero-order valence-electron chi connectivity index (χ0n) is 14.3. The SMILES string of the molecule is COC(=O)c1ccc(NC(=O)C2CC(=O)N(C3CCS(=O)(=O)C3)C2)cc1. The van der Waals surface area contributed by atoms with Crippen LogP contribution in [0.1, 0.15) is 23.2 Å². The maximum atomic E-state index is 12.4. The maximum Gasteiger partial charge on any atom is 0.337 e. The van der Waals surface area contributed by atoms with E-state index in [2.05, 4.69) is 10.1 Å². The number of hydrogen-bond acceptors (Lipinski definition) is 6. The molecule has 26 heavy (non-hydrogen) atoms. The summed E-state index contributed by atoms with van der Waals surface area (Å²) >= 11 is 0. The summed E-state index contributed by atoms with van der Waals surface area (Å²) in [6, 6.07) is 5.92. The molecule has 2 saturated heterocycles. The second-order valence-electron chi connectivity index (χ2n) is 6.56. The zero-order chi connectivity index (χ0) is 18.9. The molecule has 2 amide bonds. The van der Waals surface area contributed by atoms with Crippen molar-refractivity contribution in [3.8, 4) is 0 Å². The lowest BCUT2D eigenvalue weighted by atomic mass is 10.1. The standard InChI is InChI=1S/C17H20N2O6S/c1-25-17(22)11-2-4-13(5-3-11)18-16(21)12-8-15(20)19(9-12)14-6-7-26(23,24)10-14/h2-5,12,14H,6-10H2,1H3,(H,18,21). The van der Waals surface area contributed by atoms with Crippen molar-refractivity contribution < 1.29 is 27.5 Å². The van der Waals surface area contributed by atoms with E-state index in [-0.39, 0.29) is 42.3 Å². The van der Waals surface area contributed by atoms with Crippen LogP contribution in [-0.4, -0.2) is 62.3 Å². The summed E-state index contributed by atoms with van der Waals surface area (Å²) in [6.07, 6.45) is 0.500. The van der Waals surface area contributed by atoms with Gasteiger partial charge in [-0.1, -0.05) is 0 Å². The van der Waals surface area contributed by atoms with Crippen LogP contribution in [-0.2, 0) is 24.2 Å². The van der Waals surface area contributed by atoms with Gasteiger partial charge in [0.2, 0.25) is 11.8 Å². The molecule has 3 rings (SSSR count). The van der Waals surface area contributed by atoms with Crippen LogP contribution in [0.2, 0.25) is 0 Å². The molecule has 0 spiro atoms. The fourth-order valence-corrected chi connectivity index (χ4v) is 5.06. The molecule has 1 N–H and O–H groups in total. The summed E-state index contributed by atoms with van der Waals surface area (Å²) < 4.78 is 27.8. The largest absolute Gasteiger partial charge is 0.465 e. The number of ether oxygens (including phenoxy) is 1. The van der Waals surface area contributed by atoms with Crippen LogP contribution in [0.3, 0.4) is 0 Å². The second-order valence-corrected chi connectivity index (χ2v) is 8.79. The zero-order valence-corrected chi connectivity index (χ0v) is 15.1. The number of amides is 2. The normalized spacial score (nSPS) is 24.5. The Balaban J connectivity index is 1.60. The minimum Gasteiger partial charge on any atom is -0.465 e. The molecule has 2 aliphatic rings. The van der Waals surface area contributed by atoms with Gasteiger partial charge in [-0.25, -0.2) is 13.2 Å². The van der Waals surface area contributed by atoms with E-state index in [9.17, 15) is 22.8 Å². The first-order valence-electron chi connectivity index (χ1n) is 8.28. The number of methoxy groups -OCH3 is 1. The Labute approximate surface area is 151 Å². The molecule has 9 heteroatoms. The lowest BCUT2D eigenvalue weighted by molar-refractivity contribution is -0.129. The first kappa shape index (κ1) is 18.4. The number of benzene rings is 1. The fraction of sp³-hybridized carbons (Fsp3) is 0.471. The van der Waals surface area contributed by atoms with Crippen molar-refractivity contribution in [2.24, 2.45) is 5.92 Å². The highest BCUT2D eigenvalue weighted by molar-refractivity contribution is 7.91. The van der Waals surface area contributed by atoms with Gasteiger partial charge in [0.05, 0.1) is 30.1 Å². The molecule has 1 aromatic rings. The lowest BCUT2D eigenvalue weighted by Gasteiger charge is -2.22. The Morgan fingerprint density at radius 3 is 2.50 bits per heavy atom. The van der Waals surface area contributed by atoms with Gasteiger partial charge in [0.15, 0.2) is 9.84 Å². The number of nitrogens with one attached hydrogen (secondary N) is 1. The average Bonchev–Trinajstić information content (AvgIpc) is 3.17. The molecule has 1 aromatic carbocycles. The molecular formula is C17H20N2O6S. The van der Waals surface area contributed by atoms with Crippen LogP contribution in [0.5, 0.6) is 0 Å². The van der Waals surface area contributed by atoms with Crippen molar-refractivity contribution in [3.63, 3.8) is 0 Å². The van der Waals surface area contributed by atoms with Gasteiger partial charge in [-0.15, -0.1) is 0 Å². The summed E-state index contributed by atoms with van der Waals surface area (Å²) in [5.41, 5.74) is 0.882. The highest BCUT2D eigenvalue weighted by Crippen LogP contribution is 2.27. The molecule has 0 saturated carbocycles. The number of anilines is 1. The van der Waals surface area contributed by atoms with Gasteiger partial charge in [0, 0.05) is 24.7 Å². The van der Waals surface area contributed by atoms with E-state index in [0.717, 1.165) is 0 Å². The highest BCUT2D eigenvalue weighted by atomic mass is 32.2. The molecule has 0 bridgehead atoms. The summed E-state index contributed by atoms with van der Waals surface area (Å²) in [6.45, 7) is 0.227. The minimum atomic E-state index is -3.09. The Morgan fingerprint density at radius 1 is 1.23 bits per heavy atom. The second kappa shape index (κ2) is 7.06. The van der Waals surface area contributed by atoms with Crippen LogP contribution in [0.25, 0.3) is 0 Å². The lowest BCUT2D eigenvalue weighted by Crippen LogP contribution is -2.38. The van der Waals surface area contributed by atoms with Gasteiger partial charge in [-0.2, -0.15) is 0 Å². The van der Waals surface area contributed by atoms with E-state index in [1.807, 2.05) is 0 Å². The van der Waals surface area contributed by atoms with Crippen molar-refractivity contribution >= 4 is 33.3 Å². The van der Waals surface area contributed by atoms with E-state index in [4.69, 9.17) is 0 Å². The predicted octanol–water partition coefficient (Wildman–Crippen LogP) is 0.447. The molecule has 2 fully saturated rings. The van der Waals surface area contributed by atoms with E-state index in [0.29, 0.717) is 17.7 Å². The van der Waals surface area contributed by atoms with Crippen LogP contribution >= 0.6 is 0 Å². The summed E-state index contributed by atoms with van der Waals surface area (Å²) in [4.78, 5) is 37.5. The summed E-state index contributed by atoms with van der Waals surface area (Å²) in [7, 11) is -1.80. The Morgan fingerprint density at radius 2 is 1.92 bits per heavy atom. The van der Waals surface area contributed by atoms with Crippen molar-refractivity contribution in [2.75, 3.05) is 30.5 Å². The Bertz CT molecular complexity index is 833. The molecule has 2 atom stereocenters. The molecule has 8 nitrogen and oxygen atoms in total. The minimum absolute atomic E-state index is 0.0257.